The largest absolute Gasteiger partial charge is 0.466 e. The number of amides is 2. The highest BCUT2D eigenvalue weighted by Crippen LogP contribution is 2.19. The van der Waals surface area contributed by atoms with Crippen molar-refractivity contribution in [1.82, 2.24) is 5.32 Å². The number of nitrogens with zero attached hydrogens (tertiary/aromatic N) is 1. The van der Waals surface area contributed by atoms with Gasteiger partial charge in [0.15, 0.2) is 6.10 Å². The van der Waals surface area contributed by atoms with Crippen molar-refractivity contribution in [2.75, 3.05) is 25.1 Å². The number of ether oxygens (including phenoxy) is 2. The van der Waals surface area contributed by atoms with E-state index >= 15 is 0 Å². The number of anilines is 1. The highest BCUT2D eigenvalue weighted by atomic mass is 16.6. The molecule has 0 unspecified atom stereocenters. The van der Waals surface area contributed by atoms with E-state index in [2.05, 4.69) is 10.1 Å². The molecule has 7 heteroatoms. The zero-order chi connectivity index (χ0) is 17.7. The van der Waals surface area contributed by atoms with Gasteiger partial charge in [-0.25, -0.2) is 14.4 Å². The van der Waals surface area contributed by atoms with Gasteiger partial charge >= 0.3 is 18.0 Å². The quantitative estimate of drug-likeness (QED) is 0.804. The predicted molar refractivity (Wildman–Crippen MR) is 87.9 cm³/mol. The first-order chi connectivity index (χ1) is 11.4. The van der Waals surface area contributed by atoms with Crippen LogP contribution in [0, 0.1) is 5.92 Å². The lowest BCUT2D eigenvalue weighted by Crippen LogP contribution is -2.30. The molecule has 0 radical (unpaired) electrons. The fraction of sp³-hybridized carbons (Fsp3) is 0.471. The molecule has 1 aromatic rings. The lowest BCUT2D eigenvalue weighted by molar-refractivity contribution is -0.151. The molecule has 7 nitrogen and oxygen atoms in total. The van der Waals surface area contributed by atoms with Crippen LogP contribution < -0.4 is 10.2 Å². The number of urea groups is 1. The number of hydrogen-bond acceptors (Lipinski definition) is 5. The summed E-state index contributed by atoms with van der Waals surface area (Å²) in [6.07, 6.45) is -0.531. The van der Waals surface area contributed by atoms with Gasteiger partial charge in [-0.15, -0.1) is 0 Å². The SMILES string of the molecule is COC(=O)[C@@H](CC(C)C)OC(=O)c1ccc(N2CCNC2=O)cc1. The van der Waals surface area contributed by atoms with Crippen LogP contribution in [0.15, 0.2) is 24.3 Å². The third kappa shape index (κ3) is 4.24. The number of carbonyl (C=O) groups excluding carboxylic acids is 3. The van der Waals surface area contributed by atoms with Gasteiger partial charge in [0, 0.05) is 18.8 Å². The van der Waals surface area contributed by atoms with Crippen molar-refractivity contribution >= 4 is 23.7 Å². The minimum absolute atomic E-state index is 0.159. The Morgan fingerprint density at radius 1 is 1.25 bits per heavy atom. The summed E-state index contributed by atoms with van der Waals surface area (Å²) in [6.45, 7) is 5.04. The summed E-state index contributed by atoms with van der Waals surface area (Å²) in [5.41, 5.74) is 1.02. The van der Waals surface area contributed by atoms with E-state index in [-0.39, 0.29) is 11.9 Å². The molecule has 1 aliphatic rings. The van der Waals surface area contributed by atoms with E-state index in [1.54, 1.807) is 29.2 Å². The van der Waals surface area contributed by atoms with Crippen LogP contribution in [0.3, 0.4) is 0 Å². The molecule has 0 aromatic heterocycles. The van der Waals surface area contributed by atoms with Crippen molar-refractivity contribution in [2.45, 2.75) is 26.4 Å². The fourth-order valence-electron chi connectivity index (χ4n) is 2.44. The standard InChI is InChI=1S/C17H22N2O5/c1-11(2)10-14(16(21)23-3)24-15(20)12-4-6-13(7-5-12)19-9-8-18-17(19)22/h4-7,11,14H,8-10H2,1-3H3,(H,18,22)/t14-/m1/s1. The second kappa shape index (κ2) is 7.81. The van der Waals surface area contributed by atoms with Crippen molar-refractivity contribution in [3.8, 4) is 0 Å². The third-order valence-corrected chi connectivity index (χ3v) is 3.67. The van der Waals surface area contributed by atoms with Gasteiger partial charge in [0.25, 0.3) is 0 Å². The second-order valence-electron chi connectivity index (χ2n) is 5.98. The molecule has 1 saturated heterocycles. The van der Waals surface area contributed by atoms with Gasteiger partial charge in [0.1, 0.15) is 0 Å². The van der Waals surface area contributed by atoms with Crippen LogP contribution in [0.4, 0.5) is 10.5 Å². The van der Waals surface area contributed by atoms with Gasteiger partial charge in [0.05, 0.1) is 12.7 Å². The van der Waals surface area contributed by atoms with Crippen molar-refractivity contribution in [3.63, 3.8) is 0 Å². The zero-order valence-corrected chi connectivity index (χ0v) is 14.1. The Morgan fingerprint density at radius 2 is 1.92 bits per heavy atom. The third-order valence-electron chi connectivity index (χ3n) is 3.67. The second-order valence-corrected chi connectivity index (χ2v) is 5.98. The maximum absolute atomic E-state index is 12.2. The summed E-state index contributed by atoms with van der Waals surface area (Å²) < 4.78 is 9.96. The Bertz CT molecular complexity index is 612. The smallest absolute Gasteiger partial charge is 0.347 e. The van der Waals surface area contributed by atoms with Crippen LogP contribution in [0.25, 0.3) is 0 Å². The molecule has 1 aliphatic heterocycles. The number of rotatable bonds is 6. The summed E-state index contributed by atoms with van der Waals surface area (Å²) in [5, 5.41) is 2.71. The van der Waals surface area contributed by atoms with Crippen LogP contribution in [0.5, 0.6) is 0 Å². The predicted octanol–water partition coefficient (Wildman–Crippen LogP) is 1.96. The first kappa shape index (κ1) is 17.8. The molecule has 2 amide bonds. The van der Waals surface area contributed by atoms with Gasteiger partial charge < -0.3 is 14.8 Å². The molecule has 24 heavy (non-hydrogen) atoms. The monoisotopic (exact) mass is 334 g/mol. The molecule has 1 aromatic carbocycles. The Balaban J connectivity index is 2.05. The van der Waals surface area contributed by atoms with Crippen LogP contribution in [0.1, 0.15) is 30.6 Å². The Kier molecular flexibility index (Phi) is 5.78. The summed E-state index contributed by atoms with van der Waals surface area (Å²) in [7, 11) is 1.26. The maximum Gasteiger partial charge on any atom is 0.347 e. The van der Waals surface area contributed by atoms with Gasteiger partial charge in [-0.2, -0.15) is 0 Å². The van der Waals surface area contributed by atoms with E-state index in [1.807, 2.05) is 13.8 Å². The number of benzene rings is 1. The molecule has 1 fully saturated rings. The van der Waals surface area contributed by atoms with E-state index in [9.17, 15) is 14.4 Å². The molecule has 130 valence electrons. The molecule has 0 aliphatic carbocycles. The molecule has 2 rings (SSSR count). The van der Waals surface area contributed by atoms with E-state index in [0.29, 0.717) is 30.8 Å². The van der Waals surface area contributed by atoms with E-state index < -0.39 is 18.0 Å². The van der Waals surface area contributed by atoms with Gasteiger partial charge in [0.2, 0.25) is 0 Å². The number of hydrogen-bond donors (Lipinski definition) is 1. The topological polar surface area (TPSA) is 84.9 Å². The summed E-state index contributed by atoms with van der Waals surface area (Å²) in [6, 6.07) is 6.35. The van der Waals surface area contributed by atoms with Crippen LogP contribution in [-0.4, -0.2) is 44.3 Å². The first-order valence-electron chi connectivity index (χ1n) is 7.86. The van der Waals surface area contributed by atoms with Gasteiger partial charge in [-0.1, -0.05) is 13.8 Å². The van der Waals surface area contributed by atoms with Crippen molar-refractivity contribution in [2.24, 2.45) is 5.92 Å². The molecule has 1 heterocycles. The zero-order valence-electron chi connectivity index (χ0n) is 14.1. The van der Waals surface area contributed by atoms with Crippen LogP contribution in [-0.2, 0) is 14.3 Å². The highest BCUT2D eigenvalue weighted by molar-refractivity contribution is 5.95. The average Bonchev–Trinajstić information content (AvgIpc) is 2.99. The van der Waals surface area contributed by atoms with E-state index in [0.717, 1.165) is 0 Å². The summed E-state index contributed by atoms with van der Waals surface area (Å²) >= 11 is 0. The maximum atomic E-state index is 12.2. The molecule has 1 atom stereocenters. The van der Waals surface area contributed by atoms with Gasteiger partial charge in [-0.05, 0) is 36.6 Å². The van der Waals surface area contributed by atoms with E-state index in [4.69, 9.17) is 4.74 Å². The number of carbonyl (C=O) groups is 3. The van der Waals surface area contributed by atoms with Crippen LogP contribution in [0.2, 0.25) is 0 Å². The number of methoxy groups -OCH3 is 1. The molecular weight excluding hydrogens is 312 g/mol. The summed E-state index contributed by atoms with van der Waals surface area (Å²) in [4.78, 5) is 37.2. The normalized spacial score (nSPS) is 15.2. The minimum Gasteiger partial charge on any atom is -0.466 e. The lowest BCUT2D eigenvalue weighted by Gasteiger charge is -2.18. The Morgan fingerprint density at radius 3 is 2.42 bits per heavy atom. The van der Waals surface area contributed by atoms with Crippen molar-refractivity contribution in [1.29, 1.82) is 0 Å². The molecular formula is C17H22N2O5. The average molecular weight is 334 g/mol. The van der Waals surface area contributed by atoms with E-state index in [1.165, 1.54) is 7.11 Å². The Labute approximate surface area is 140 Å². The molecule has 0 saturated carbocycles. The highest BCUT2D eigenvalue weighted by Gasteiger charge is 2.26. The van der Waals surface area contributed by atoms with Crippen molar-refractivity contribution in [3.05, 3.63) is 29.8 Å². The molecule has 1 N–H and O–H groups in total. The first-order valence-corrected chi connectivity index (χ1v) is 7.86. The summed E-state index contributed by atoms with van der Waals surface area (Å²) in [5.74, 6) is -0.983. The molecule has 0 spiro atoms. The fourth-order valence-corrected chi connectivity index (χ4v) is 2.44. The van der Waals surface area contributed by atoms with Crippen LogP contribution >= 0.6 is 0 Å². The molecule has 0 bridgehead atoms. The minimum atomic E-state index is -0.925. The van der Waals surface area contributed by atoms with Gasteiger partial charge in [-0.3, -0.25) is 4.90 Å². The number of nitrogens with one attached hydrogen (secondary N) is 1. The Hall–Kier alpha value is -2.57. The van der Waals surface area contributed by atoms with Crippen molar-refractivity contribution < 1.29 is 23.9 Å². The lowest BCUT2D eigenvalue weighted by atomic mass is 10.1. The number of esters is 2.